The maximum absolute atomic E-state index is 12.2. The third-order valence-electron chi connectivity index (χ3n) is 7.44. The third kappa shape index (κ3) is 26.5. The summed E-state index contributed by atoms with van der Waals surface area (Å²) in [5.74, 6) is -0.0770. The topological polar surface area (TPSA) is 69.6 Å². The smallest absolute Gasteiger partial charge is 0.220 e. The minimum atomic E-state index is -0.854. The molecule has 1 amide bonds. The van der Waals surface area contributed by atoms with Gasteiger partial charge in [0, 0.05) is 6.42 Å². The van der Waals surface area contributed by atoms with E-state index in [2.05, 4.69) is 31.3 Å². The van der Waals surface area contributed by atoms with Gasteiger partial charge in [-0.05, 0) is 32.1 Å². The Morgan fingerprint density at radius 1 is 0.605 bits per heavy atom. The molecule has 0 aromatic rings. The average molecular weight is 536 g/mol. The fraction of sp³-hybridized carbons (Fsp3) is 0.853. The number of hydrogen-bond donors (Lipinski definition) is 3. The van der Waals surface area contributed by atoms with Crippen molar-refractivity contribution < 1.29 is 15.0 Å². The minimum absolute atomic E-state index is 0.0770. The van der Waals surface area contributed by atoms with Crippen LogP contribution in [0.5, 0.6) is 0 Å². The van der Waals surface area contributed by atoms with Crippen LogP contribution in [0.1, 0.15) is 168 Å². The zero-order valence-corrected chi connectivity index (χ0v) is 25.4. The van der Waals surface area contributed by atoms with Crippen LogP contribution in [0, 0.1) is 0 Å². The first-order chi connectivity index (χ1) is 18.7. The first kappa shape index (κ1) is 36.9. The number of allylic oxidation sites excluding steroid dienone is 3. The van der Waals surface area contributed by atoms with Crippen LogP contribution in [0.25, 0.3) is 0 Å². The van der Waals surface area contributed by atoms with Crippen LogP contribution in [0.15, 0.2) is 24.3 Å². The summed E-state index contributed by atoms with van der Waals surface area (Å²) < 4.78 is 0. The number of unbranched alkanes of at least 4 members (excludes halogenated alkanes) is 20. The van der Waals surface area contributed by atoms with Gasteiger partial charge in [0.25, 0.3) is 0 Å². The lowest BCUT2D eigenvalue weighted by Crippen LogP contribution is -2.45. The molecule has 0 radical (unpaired) electrons. The van der Waals surface area contributed by atoms with Crippen molar-refractivity contribution >= 4 is 5.91 Å². The molecule has 0 saturated carbocycles. The predicted molar refractivity (Wildman–Crippen MR) is 165 cm³/mol. The minimum Gasteiger partial charge on any atom is -0.394 e. The Morgan fingerprint density at radius 2 is 1.03 bits per heavy atom. The van der Waals surface area contributed by atoms with Crippen LogP contribution in [-0.2, 0) is 4.79 Å². The molecule has 0 aliphatic carbocycles. The van der Waals surface area contributed by atoms with Gasteiger partial charge in [0.2, 0.25) is 5.91 Å². The normalized spacial score (nSPS) is 13.5. The molecule has 4 nitrogen and oxygen atoms in total. The Hall–Kier alpha value is -1.13. The fourth-order valence-electron chi connectivity index (χ4n) is 4.84. The Morgan fingerprint density at radius 3 is 1.53 bits per heavy atom. The lowest BCUT2D eigenvalue weighted by atomic mass is 10.0. The SMILES string of the molecule is CCCCCCCCCCC/C=C/CC/C=C/[C@@H](O)[C@H](CO)NC(=O)CCCCCCCCCCCCC. The van der Waals surface area contributed by atoms with Crippen molar-refractivity contribution in [3.05, 3.63) is 24.3 Å². The number of aliphatic hydroxyl groups excluding tert-OH is 2. The second-order valence-corrected chi connectivity index (χ2v) is 11.2. The quantitative estimate of drug-likeness (QED) is 0.0660. The number of nitrogens with one attached hydrogen (secondary N) is 1. The maximum atomic E-state index is 12.2. The van der Waals surface area contributed by atoms with E-state index in [4.69, 9.17) is 0 Å². The van der Waals surface area contributed by atoms with Gasteiger partial charge < -0.3 is 15.5 Å². The van der Waals surface area contributed by atoms with Crippen LogP contribution in [0.4, 0.5) is 0 Å². The molecule has 0 rings (SSSR count). The zero-order valence-electron chi connectivity index (χ0n) is 25.4. The molecule has 0 fully saturated rings. The summed E-state index contributed by atoms with van der Waals surface area (Å²) in [5.41, 5.74) is 0. The molecule has 38 heavy (non-hydrogen) atoms. The standard InChI is InChI=1S/C34H65NO3/c1-3-5-7-9-11-13-15-16-17-18-20-21-23-25-27-29-33(37)32(31-36)35-34(38)30-28-26-24-22-19-14-12-10-8-6-4-2/h20-21,27,29,32-33,36-37H,3-19,22-26,28,30-31H2,1-2H3,(H,35,38)/b21-20+,29-27+/t32-,33+/m0/s1. The summed E-state index contributed by atoms with van der Waals surface area (Å²) in [7, 11) is 0. The molecule has 0 bridgehead atoms. The van der Waals surface area contributed by atoms with Crippen molar-refractivity contribution in [2.24, 2.45) is 0 Å². The van der Waals surface area contributed by atoms with Gasteiger partial charge in [-0.3, -0.25) is 4.79 Å². The summed E-state index contributed by atoms with van der Waals surface area (Å²) >= 11 is 0. The van der Waals surface area contributed by atoms with E-state index in [-0.39, 0.29) is 12.5 Å². The molecule has 0 unspecified atom stereocenters. The Bertz CT molecular complexity index is 546. The van der Waals surface area contributed by atoms with Crippen LogP contribution in [0.2, 0.25) is 0 Å². The van der Waals surface area contributed by atoms with Gasteiger partial charge in [-0.2, -0.15) is 0 Å². The highest BCUT2D eigenvalue weighted by molar-refractivity contribution is 5.76. The maximum Gasteiger partial charge on any atom is 0.220 e. The second kappa shape index (κ2) is 30.4. The van der Waals surface area contributed by atoms with Crippen LogP contribution >= 0.6 is 0 Å². The molecule has 0 saturated heterocycles. The van der Waals surface area contributed by atoms with Gasteiger partial charge in [0.05, 0.1) is 18.8 Å². The number of carbonyl (C=O) groups is 1. The lowest BCUT2D eigenvalue weighted by Gasteiger charge is -2.19. The van der Waals surface area contributed by atoms with Gasteiger partial charge in [-0.15, -0.1) is 0 Å². The molecule has 0 aliphatic rings. The number of carbonyl (C=O) groups excluding carboxylic acids is 1. The molecule has 0 aromatic heterocycles. The van der Waals surface area contributed by atoms with E-state index in [0.29, 0.717) is 6.42 Å². The predicted octanol–water partition coefficient (Wildman–Crippen LogP) is 9.34. The molecule has 0 spiro atoms. The summed E-state index contributed by atoms with van der Waals surface area (Å²) in [6.07, 6.45) is 36.8. The lowest BCUT2D eigenvalue weighted by molar-refractivity contribution is -0.123. The van der Waals surface area contributed by atoms with Gasteiger partial charge in [-0.25, -0.2) is 0 Å². The first-order valence-corrected chi connectivity index (χ1v) is 16.6. The summed E-state index contributed by atoms with van der Waals surface area (Å²) in [6.45, 7) is 4.26. The van der Waals surface area contributed by atoms with Crippen LogP contribution in [-0.4, -0.2) is 34.9 Å². The number of hydrogen-bond acceptors (Lipinski definition) is 3. The summed E-state index contributed by atoms with van der Waals surface area (Å²) in [6, 6.07) is -0.631. The monoisotopic (exact) mass is 535 g/mol. The highest BCUT2D eigenvalue weighted by atomic mass is 16.3. The van der Waals surface area contributed by atoms with E-state index >= 15 is 0 Å². The van der Waals surface area contributed by atoms with Crippen LogP contribution in [0.3, 0.4) is 0 Å². The molecule has 4 heteroatoms. The Kier molecular flexibility index (Phi) is 29.5. The highest BCUT2D eigenvalue weighted by Crippen LogP contribution is 2.13. The van der Waals surface area contributed by atoms with Crippen molar-refractivity contribution in [3.8, 4) is 0 Å². The number of rotatable bonds is 29. The van der Waals surface area contributed by atoms with E-state index < -0.39 is 12.1 Å². The average Bonchev–Trinajstić information content (AvgIpc) is 2.92. The zero-order chi connectivity index (χ0) is 27.9. The molecule has 3 N–H and O–H groups in total. The van der Waals surface area contributed by atoms with Crippen molar-refractivity contribution in [1.82, 2.24) is 5.32 Å². The number of aliphatic hydroxyl groups is 2. The van der Waals surface area contributed by atoms with E-state index in [1.807, 2.05) is 6.08 Å². The second-order valence-electron chi connectivity index (χ2n) is 11.2. The van der Waals surface area contributed by atoms with E-state index in [1.165, 1.54) is 116 Å². The molecule has 224 valence electrons. The first-order valence-electron chi connectivity index (χ1n) is 16.6. The Balaban J connectivity index is 3.71. The Labute approximate surface area is 237 Å². The highest BCUT2D eigenvalue weighted by Gasteiger charge is 2.17. The van der Waals surface area contributed by atoms with E-state index in [1.54, 1.807) is 6.08 Å². The van der Waals surface area contributed by atoms with Crippen molar-refractivity contribution in [3.63, 3.8) is 0 Å². The number of amides is 1. The molecular weight excluding hydrogens is 470 g/mol. The molecule has 2 atom stereocenters. The van der Waals surface area contributed by atoms with Gasteiger partial charge in [0.15, 0.2) is 0 Å². The fourth-order valence-corrected chi connectivity index (χ4v) is 4.84. The molecule has 0 aromatic carbocycles. The molecule has 0 heterocycles. The largest absolute Gasteiger partial charge is 0.394 e. The van der Waals surface area contributed by atoms with Crippen LogP contribution < -0.4 is 5.32 Å². The van der Waals surface area contributed by atoms with E-state index in [0.717, 1.165) is 32.1 Å². The van der Waals surface area contributed by atoms with Crippen molar-refractivity contribution in [2.45, 2.75) is 180 Å². The molecule has 0 aliphatic heterocycles. The van der Waals surface area contributed by atoms with Gasteiger partial charge >= 0.3 is 0 Å². The molecular formula is C34H65NO3. The third-order valence-corrected chi connectivity index (χ3v) is 7.44. The van der Waals surface area contributed by atoms with Crippen molar-refractivity contribution in [1.29, 1.82) is 0 Å². The van der Waals surface area contributed by atoms with Gasteiger partial charge in [-0.1, -0.05) is 154 Å². The summed E-state index contributed by atoms with van der Waals surface area (Å²) in [5, 5.41) is 22.8. The summed E-state index contributed by atoms with van der Waals surface area (Å²) in [4.78, 5) is 12.2. The van der Waals surface area contributed by atoms with Gasteiger partial charge in [0.1, 0.15) is 0 Å². The van der Waals surface area contributed by atoms with E-state index in [9.17, 15) is 15.0 Å². The van der Waals surface area contributed by atoms with Crippen molar-refractivity contribution in [2.75, 3.05) is 6.61 Å².